The zero-order valence-electron chi connectivity index (χ0n) is 11.7. The molecule has 8 heteroatoms. The van der Waals surface area contributed by atoms with Gasteiger partial charge in [-0.2, -0.15) is 9.57 Å². The average Bonchev–Trinajstić information content (AvgIpc) is 2.45. The molecule has 1 aliphatic heterocycles. The Hall–Kier alpha value is -0.840. The van der Waals surface area contributed by atoms with Gasteiger partial charge in [0.25, 0.3) is 0 Å². The molecule has 1 saturated heterocycles. The number of nitrogens with zero attached hydrogens (tertiary/aromatic N) is 2. The monoisotopic (exact) mass is 347 g/mol. The van der Waals surface area contributed by atoms with Crippen molar-refractivity contribution in [2.45, 2.75) is 24.8 Å². The van der Waals surface area contributed by atoms with E-state index in [2.05, 4.69) is 5.32 Å². The van der Waals surface area contributed by atoms with Crippen LogP contribution in [0.15, 0.2) is 11.0 Å². The Morgan fingerprint density at radius 2 is 2.10 bits per heavy atom. The summed E-state index contributed by atoms with van der Waals surface area (Å²) in [4.78, 5) is -0.00341. The third-order valence-corrected chi connectivity index (χ3v) is 6.57. The van der Waals surface area contributed by atoms with Crippen LogP contribution in [0.5, 0.6) is 0 Å². The molecular formula is C13H15Cl2N3O2S. The molecule has 21 heavy (non-hydrogen) atoms. The zero-order valence-corrected chi connectivity index (χ0v) is 14.0. The van der Waals surface area contributed by atoms with Gasteiger partial charge < -0.3 is 5.32 Å². The molecule has 0 bridgehead atoms. The summed E-state index contributed by atoms with van der Waals surface area (Å²) in [6, 6.07) is 2.89. The maximum Gasteiger partial charge on any atom is 0.246 e. The van der Waals surface area contributed by atoms with Gasteiger partial charge in [0.15, 0.2) is 0 Å². The van der Waals surface area contributed by atoms with Crippen molar-refractivity contribution in [1.82, 2.24) is 9.62 Å². The first-order valence-electron chi connectivity index (χ1n) is 6.38. The molecule has 1 aromatic carbocycles. The molecule has 1 N–H and O–H groups in total. The molecule has 1 fully saturated rings. The minimum atomic E-state index is -3.88. The van der Waals surface area contributed by atoms with Gasteiger partial charge in [-0.15, -0.1) is 0 Å². The van der Waals surface area contributed by atoms with Gasteiger partial charge in [-0.05, 0) is 31.0 Å². The summed E-state index contributed by atoms with van der Waals surface area (Å²) >= 11 is 12.3. The number of hydrogen-bond acceptors (Lipinski definition) is 4. The molecule has 0 saturated carbocycles. The lowest BCUT2D eigenvalue weighted by molar-refractivity contribution is 0.311. The molecule has 2 rings (SSSR count). The number of nitrogens with one attached hydrogen (secondary N) is 1. The van der Waals surface area contributed by atoms with Crippen LogP contribution in [0.1, 0.15) is 11.1 Å². The van der Waals surface area contributed by atoms with E-state index in [-0.39, 0.29) is 16.5 Å². The van der Waals surface area contributed by atoms with Gasteiger partial charge >= 0.3 is 0 Å². The predicted molar refractivity (Wildman–Crippen MR) is 82.1 cm³/mol. The standard InChI is InChI=1S/C13H15Cl2N3O2S/c1-8-5-11(14)9(2)13(12(8)15)21(19,20)18-4-3-17-7-10(18)6-16/h5,10,17H,3-4,7H2,1-2H3. The quantitative estimate of drug-likeness (QED) is 0.888. The Kier molecular flexibility index (Phi) is 4.81. The highest BCUT2D eigenvalue weighted by atomic mass is 35.5. The molecule has 1 heterocycles. The highest BCUT2D eigenvalue weighted by Crippen LogP contribution is 2.35. The van der Waals surface area contributed by atoms with Crippen molar-refractivity contribution in [2.75, 3.05) is 19.6 Å². The highest BCUT2D eigenvalue weighted by molar-refractivity contribution is 7.89. The lowest BCUT2D eigenvalue weighted by atomic mass is 10.2. The second-order valence-electron chi connectivity index (χ2n) is 4.91. The van der Waals surface area contributed by atoms with E-state index in [1.165, 1.54) is 4.31 Å². The van der Waals surface area contributed by atoms with Crippen LogP contribution in [-0.4, -0.2) is 38.4 Å². The van der Waals surface area contributed by atoms with Crippen LogP contribution in [0.4, 0.5) is 0 Å². The Bertz CT molecular complexity index is 687. The smallest absolute Gasteiger partial charge is 0.246 e. The van der Waals surface area contributed by atoms with Crippen LogP contribution in [0.25, 0.3) is 0 Å². The van der Waals surface area contributed by atoms with Gasteiger partial charge in [0.1, 0.15) is 10.9 Å². The van der Waals surface area contributed by atoms with E-state index >= 15 is 0 Å². The largest absolute Gasteiger partial charge is 0.313 e. The summed E-state index contributed by atoms with van der Waals surface area (Å²) in [6.45, 7) is 4.33. The van der Waals surface area contributed by atoms with E-state index in [9.17, 15) is 8.42 Å². The first-order chi connectivity index (χ1) is 9.80. The van der Waals surface area contributed by atoms with Gasteiger partial charge in [-0.3, -0.25) is 0 Å². The fourth-order valence-corrected chi connectivity index (χ4v) is 5.03. The second kappa shape index (κ2) is 6.11. The van der Waals surface area contributed by atoms with Crippen molar-refractivity contribution < 1.29 is 8.42 Å². The average molecular weight is 348 g/mol. The maximum atomic E-state index is 12.9. The van der Waals surface area contributed by atoms with E-state index < -0.39 is 16.1 Å². The van der Waals surface area contributed by atoms with E-state index in [1.54, 1.807) is 19.9 Å². The molecular weight excluding hydrogens is 333 g/mol. The Morgan fingerprint density at radius 3 is 2.71 bits per heavy atom. The summed E-state index contributed by atoms with van der Waals surface area (Å²) in [5.41, 5.74) is 0.997. The van der Waals surface area contributed by atoms with Crippen LogP contribution in [0, 0.1) is 25.2 Å². The van der Waals surface area contributed by atoms with Crippen LogP contribution < -0.4 is 5.32 Å². The normalized spacial score (nSPS) is 20.2. The predicted octanol–water partition coefficient (Wildman–Crippen LogP) is 2.10. The Morgan fingerprint density at radius 1 is 1.43 bits per heavy atom. The van der Waals surface area contributed by atoms with Crippen molar-refractivity contribution in [3.63, 3.8) is 0 Å². The number of rotatable bonds is 2. The minimum absolute atomic E-state index is 0.00341. The topological polar surface area (TPSA) is 73.2 Å². The molecule has 0 aliphatic carbocycles. The van der Waals surface area contributed by atoms with Crippen LogP contribution in [0.2, 0.25) is 10.0 Å². The van der Waals surface area contributed by atoms with E-state index in [0.717, 1.165) is 0 Å². The van der Waals surface area contributed by atoms with Crippen molar-refractivity contribution in [3.8, 4) is 6.07 Å². The third-order valence-electron chi connectivity index (χ3n) is 3.50. The van der Waals surface area contributed by atoms with E-state index in [4.69, 9.17) is 28.5 Å². The first-order valence-corrected chi connectivity index (χ1v) is 8.57. The van der Waals surface area contributed by atoms with Gasteiger partial charge in [-0.1, -0.05) is 23.2 Å². The second-order valence-corrected chi connectivity index (χ2v) is 7.52. The molecule has 1 aromatic rings. The van der Waals surface area contributed by atoms with Crippen molar-refractivity contribution in [3.05, 3.63) is 27.2 Å². The number of piperazine rings is 1. The Labute approximate surface area is 134 Å². The first kappa shape index (κ1) is 16.5. The van der Waals surface area contributed by atoms with Gasteiger partial charge in [0.2, 0.25) is 10.0 Å². The molecule has 1 unspecified atom stereocenters. The molecule has 0 spiro atoms. The molecule has 0 amide bonds. The van der Waals surface area contributed by atoms with E-state index in [0.29, 0.717) is 29.2 Å². The van der Waals surface area contributed by atoms with Gasteiger partial charge in [-0.25, -0.2) is 8.42 Å². The number of sulfonamides is 1. The number of benzene rings is 1. The summed E-state index contributed by atoms with van der Waals surface area (Å²) < 4.78 is 27.0. The van der Waals surface area contributed by atoms with Crippen LogP contribution in [0.3, 0.4) is 0 Å². The Balaban J connectivity index is 2.62. The number of aryl methyl sites for hydroxylation is 1. The summed E-state index contributed by atoms with van der Waals surface area (Å²) in [7, 11) is -3.88. The third kappa shape index (κ3) is 2.89. The summed E-state index contributed by atoms with van der Waals surface area (Å²) in [6.07, 6.45) is 0. The summed E-state index contributed by atoms with van der Waals surface area (Å²) in [5.74, 6) is 0. The molecule has 1 aliphatic rings. The summed E-state index contributed by atoms with van der Waals surface area (Å²) in [5, 5.41) is 12.7. The zero-order chi connectivity index (χ0) is 15.8. The van der Waals surface area contributed by atoms with Gasteiger partial charge in [0, 0.05) is 24.7 Å². The molecule has 114 valence electrons. The molecule has 0 aromatic heterocycles. The highest BCUT2D eigenvalue weighted by Gasteiger charge is 2.36. The molecule has 5 nitrogen and oxygen atoms in total. The number of nitriles is 1. The van der Waals surface area contributed by atoms with Crippen molar-refractivity contribution >= 4 is 33.2 Å². The van der Waals surface area contributed by atoms with Crippen LogP contribution in [-0.2, 0) is 10.0 Å². The lowest BCUT2D eigenvalue weighted by Gasteiger charge is -2.31. The molecule has 1 atom stereocenters. The number of hydrogen-bond donors (Lipinski definition) is 1. The van der Waals surface area contributed by atoms with Crippen molar-refractivity contribution in [1.29, 1.82) is 5.26 Å². The fraction of sp³-hybridized carbons (Fsp3) is 0.462. The fourth-order valence-electron chi connectivity index (χ4n) is 2.32. The lowest BCUT2D eigenvalue weighted by Crippen LogP contribution is -2.53. The van der Waals surface area contributed by atoms with Crippen LogP contribution >= 0.6 is 23.2 Å². The minimum Gasteiger partial charge on any atom is -0.313 e. The SMILES string of the molecule is Cc1cc(Cl)c(C)c(S(=O)(=O)N2CCNCC2C#N)c1Cl. The van der Waals surface area contributed by atoms with Gasteiger partial charge in [0.05, 0.1) is 11.1 Å². The molecule has 0 radical (unpaired) electrons. The maximum absolute atomic E-state index is 12.9. The van der Waals surface area contributed by atoms with E-state index in [1.807, 2.05) is 6.07 Å². The number of halogens is 2. The van der Waals surface area contributed by atoms with Crippen molar-refractivity contribution in [2.24, 2.45) is 0 Å².